The molecule has 2 unspecified atom stereocenters. The molecule has 0 saturated carbocycles. The van der Waals surface area contributed by atoms with E-state index in [1.807, 2.05) is 20.8 Å². The molecule has 9 nitrogen and oxygen atoms in total. The highest BCUT2D eigenvalue weighted by Crippen LogP contribution is 2.33. The highest BCUT2D eigenvalue weighted by atomic mass is 19.1. The number of hydrogen-bond donors (Lipinski definition) is 1. The summed E-state index contributed by atoms with van der Waals surface area (Å²) in [5, 5.41) is 3.27. The van der Waals surface area contributed by atoms with Crippen LogP contribution >= 0.6 is 0 Å². The molecule has 1 aromatic heterocycles. The number of methoxy groups -OCH3 is 1. The fourth-order valence-corrected chi connectivity index (χ4v) is 5.33. The van der Waals surface area contributed by atoms with Crippen LogP contribution in [0.3, 0.4) is 0 Å². The molecule has 0 radical (unpaired) electrons. The summed E-state index contributed by atoms with van der Waals surface area (Å²) in [6.45, 7) is 8.36. The van der Waals surface area contributed by atoms with E-state index in [-0.39, 0.29) is 41.8 Å². The molecule has 2 aliphatic rings. The number of likely N-dealkylation sites (tertiary alicyclic amines) is 1. The fraction of sp³-hybridized carbons (Fsp3) is 0.552. The van der Waals surface area contributed by atoms with Gasteiger partial charge < -0.3 is 19.9 Å². The minimum absolute atomic E-state index is 0.137. The Kier molecular flexibility index (Phi) is 8.94. The lowest BCUT2D eigenvalue weighted by molar-refractivity contribution is -0.128. The Bertz CT molecular complexity index is 1210. The van der Waals surface area contributed by atoms with E-state index < -0.39 is 5.92 Å². The zero-order chi connectivity index (χ0) is 28.2. The van der Waals surface area contributed by atoms with Crippen LogP contribution in [0.2, 0.25) is 0 Å². The van der Waals surface area contributed by atoms with Gasteiger partial charge in [-0.15, -0.1) is 0 Å². The van der Waals surface area contributed by atoms with E-state index in [9.17, 15) is 18.8 Å². The lowest BCUT2D eigenvalue weighted by atomic mass is 9.84. The minimum atomic E-state index is -0.470. The Balaban J connectivity index is 1.50. The van der Waals surface area contributed by atoms with Gasteiger partial charge in [0.15, 0.2) is 5.78 Å². The molecule has 39 heavy (non-hydrogen) atoms. The third kappa shape index (κ3) is 6.79. The first-order chi connectivity index (χ1) is 18.6. The van der Waals surface area contributed by atoms with Crippen LogP contribution in [0.15, 0.2) is 24.4 Å². The summed E-state index contributed by atoms with van der Waals surface area (Å²) >= 11 is 0. The summed E-state index contributed by atoms with van der Waals surface area (Å²) in [4.78, 5) is 51.2. The van der Waals surface area contributed by atoms with E-state index in [2.05, 4.69) is 15.3 Å². The molecule has 0 bridgehead atoms. The van der Waals surface area contributed by atoms with E-state index in [1.54, 1.807) is 29.2 Å². The number of amides is 2. The van der Waals surface area contributed by atoms with Crippen molar-refractivity contribution >= 4 is 29.6 Å². The van der Waals surface area contributed by atoms with Crippen LogP contribution in [-0.4, -0.2) is 72.9 Å². The van der Waals surface area contributed by atoms with E-state index in [4.69, 9.17) is 4.74 Å². The summed E-state index contributed by atoms with van der Waals surface area (Å²) in [6, 6.07) is 4.51. The summed E-state index contributed by atoms with van der Waals surface area (Å²) in [5.41, 5.74) is 1.64. The zero-order valence-corrected chi connectivity index (χ0v) is 23.2. The number of ether oxygens (including phenoxy) is 1. The van der Waals surface area contributed by atoms with Crippen LogP contribution in [0.4, 0.5) is 15.9 Å². The van der Waals surface area contributed by atoms with Crippen molar-refractivity contribution in [3.05, 3.63) is 47.2 Å². The summed E-state index contributed by atoms with van der Waals surface area (Å²) in [7, 11) is 1.64. The number of anilines is 2. The SMILES string of the molecule is COCCCNc1nc(C(C)(C)C)ncc1C(=O)CC1CC(C(=O)N2CCc3ccc(F)cc32)CN(C=O)C1. The van der Waals surface area contributed by atoms with Gasteiger partial charge in [0.25, 0.3) is 0 Å². The van der Waals surface area contributed by atoms with Crippen molar-refractivity contribution in [1.29, 1.82) is 0 Å². The van der Waals surface area contributed by atoms with Gasteiger partial charge in [0.1, 0.15) is 17.5 Å². The van der Waals surface area contributed by atoms with E-state index in [1.165, 1.54) is 12.1 Å². The molecule has 10 heteroatoms. The number of Topliss-reactive ketones (excluding diaryl/α,β-unsaturated/α-hetero) is 1. The Morgan fingerprint density at radius 2 is 2.05 bits per heavy atom. The number of aromatic nitrogens is 2. The van der Waals surface area contributed by atoms with Crippen molar-refractivity contribution in [3.8, 4) is 0 Å². The van der Waals surface area contributed by atoms with Crippen molar-refractivity contribution < 1.29 is 23.5 Å². The first-order valence-electron chi connectivity index (χ1n) is 13.5. The molecule has 210 valence electrons. The molecule has 2 amide bonds. The van der Waals surface area contributed by atoms with Crippen molar-refractivity contribution in [2.45, 2.75) is 51.9 Å². The number of piperidine rings is 1. The Morgan fingerprint density at radius 3 is 2.77 bits per heavy atom. The molecule has 1 saturated heterocycles. The Hall–Kier alpha value is -3.40. The second kappa shape index (κ2) is 12.2. The first kappa shape index (κ1) is 28.6. The number of fused-ring (bicyclic) bond motifs is 1. The number of halogens is 1. The lowest BCUT2D eigenvalue weighted by Crippen LogP contribution is -2.47. The number of nitrogens with one attached hydrogen (secondary N) is 1. The number of hydrogen-bond acceptors (Lipinski definition) is 7. The third-order valence-corrected chi connectivity index (χ3v) is 7.32. The number of rotatable bonds is 10. The standard InChI is InChI=1S/C29H38FN5O4/c1-29(2,3)28-32-15-23(26(33-28)31-9-5-11-39-4)25(37)13-19-12-21(17-34(16-19)18-36)27(38)35-10-8-20-6-7-22(30)14-24(20)35/h6-7,14-15,18-19,21H,5,8-13,16-17H2,1-4H3,(H,31,32,33). The average molecular weight is 540 g/mol. The molecule has 0 aliphatic carbocycles. The Morgan fingerprint density at radius 1 is 1.26 bits per heavy atom. The van der Waals surface area contributed by atoms with Crippen LogP contribution in [0, 0.1) is 17.7 Å². The van der Waals surface area contributed by atoms with Gasteiger partial charge in [0.05, 0.1) is 11.5 Å². The smallest absolute Gasteiger partial charge is 0.231 e. The number of carbonyl (C=O) groups is 3. The third-order valence-electron chi connectivity index (χ3n) is 7.32. The maximum atomic E-state index is 13.9. The second-order valence-corrected chi connectivity index (χ2v) is 11.5. The van der Waals surface area contributed by atoms with E-state index in [0.717, 1.165) is 18.4 Å². The van der Waals surface area contributed by atoms with Crippen LogP contribution in [0.25, 0.3) is 0 Å². The van der Waals surface area contributed by atoms with Crippen LogP contribution in [-0.2, 0) is 26.2 Å². The van der Waals surface area contributed by atoms with Crippen molar-refractivity contribution in [3.63, 3.8) is 0 Å². The van der Waals surface area contributed by atoms with Crippen LogP contribution in [0.5, 0.6) is 0 Å². The second-order valence-electron chi connectivity index (χ2n) is 11.5. The zero-order valence-electron chi connectivity index (χ0n) is 23.2. The molecule has 1 aromatic carbocycles. The number of carbonyl (C=O) groups excluding carboxylic acids is 3. The van der Waals surface area contributed by atoms with Gasteiger partial charge in [0.2, 0.25) is 12.3 Å². The van der Waals surface area contributed by atoms with Gasteiger partial charge in [-0.2, -0.15) is 0 Å². The molecule has 3 heterocycles. The number of ketones is 1. The largest absolute Gasteiger partial charge is 0.385 e. The molecular weight excluding hydrogens is 501 g/mol. The topological polar surface area (TPSA) is 105 Å². The summed E-state index contributed by atoms with van der Waals surface area (Å²) in [6.07, 6.45) is 4.35. The normalized spacial score (nSPS) is 19.1. The lowest BCUT2D eigenvalue weighted by Gasteiger charge is -2.36. The number of benzene rings is 1. The van der Waals surface area contributed by atoms with Gasteiger partial charge >= 0.3 is 0 Å². The predicted molar refractivity (Wildman–Crippen MR) is 146 cm³/mol. The van der Waals surface area contributed by atoms with Crippen LogP contribution in [0.1, 0.15) is 61.8 Å². The molecule has 2 aliphatic heterocycles. The Labute approximate surface area is 229 Å². The molecule has 1 N–H and O–H groups in total. The number of nitrogens with zero attached hydrogens (tertiary/aromatic N) is 4. The van der Waals surface area contributed by atoms with E-state index >= 15 is 0 Å². The van der Waals surface area contributed by atoms with Gasteiger partial charge in [-0.3, -0.25) is 14.4 Å². The summed E-state index contributed by atoms with van der Waals surface area (Å²) in [5.74, 6) is -0.218. The first-order valence-corrected chi connectivity index (χ1v) is 13.5. The van der Waals surface area contributed by atoms with Gasteiger partial charge in [0, 0.05) is 63.6 Å². The maximum Gasteiger partial charge on any atom is 0.231 e. The van der Waals surface area contributed by atoms with Crippen molar-refractivity contribution in [2.24, 2.45) is 11.8 Å². The van der Waals surface area contributed by atoms with Crippen molar-refractivity contribution in [2.75, 3.05) is 50.1 Å². The quantitative estimate of drug-likeness (QED) is 0.279. The molecule has 0 spiro atoms. The van der Waals surface area contributed by atoms with Gasteiger partial charge in [-0.1, -0.05) is 26.8 Å². The van der Waals surface area contributed by atoms with Crippen molar-refractivity contribution in [1.82, 2.24) is 14.9 Å². The highest BCUT2D eigenvalue weighted by Gasteiger charge is 2.37. The summed E-state index contributed by atoms with van der Waals surface area (Å²) < 4.78 is 19.0. The van der Waals surface area contributed by atoms with Gasteiger partial charge in [-0.25, -0.2) is 14.4 Å². The molecule has 2 aromatic rings. The monoisotopic (exact) mass is 539 g/mol. The predicted octanol–water partition coefficient (Wildman–Crippen LogP) is 3.62. The van der Waals surface area contributed by atoms with Gasteiger partial charge in [-0.05, 0) is 42.9 Å². The van der Waals surface area contributed by atoms with E-state index in [0.29, 0.717) is 62.0 Å². The maximum absolute atomic E-state index is 13.9. The minimum Gasteiger partial charge on any atom is -0.385 e. The average Bonchev–Trinajstić information content (AvgIpc) is 3.32. The molecule has 4 rings (SSSR count). The highest BCUT2D eigenvalue weighted by molar-refractivity contribution is 6.00. The molecule has 2 atom stereocenters. The van der Waals surface area contributed by atoms with Crippen LogP contribution < -0.4 is 10.2 Å². The molecular formula is C29H38FN5O4. The fourth-order valence-electron chi connectivity index (χ4n) is 5.33. The molecule has 1 fully saturated rings.